The van der Waals surface area contributed by atoms with E-state index in [-0.39, 0.29) is 18.3 Å². The minimum atomic E-state index is -0.757. The summed E-state index contributed by atoms with van der Waals surface area (Å²) in [6.45, 7) is 9.28. The molecule has 1 aromatic heterocycles. The predicted octanol–water partition coefficient (Wildman–Crippen LogP) is 1.95. The second-order valence-corrected chi connectivity index (χ2v) is 5.43. The number of nitrogens with two attached hydrogens (primary N) is 1. The van der Waals surface area contributed by atoms with Gasteiger partial charge in [0.25, 0.3) is 0 Å². The molecule has 116 valence electrons. The van der Waals surface area contributed by atoms with Gasteiger partial charge in [-0.3, -0.25) is 9.48 Å². The zero-order chi connectivity index (χ0) is 14.5. The van der Waals surface area contributed by atoms with Crippen LogP contribution in [0.25, 0.3) is 0 Å². The molecule has 20 heavy (non-hydrogen) atoms. The molecule has 0 aliphatic rings. The summed E-state index contributed by atoms with van der Waals surface area (Å²) in [5.74, 6) is -0.0669. The average Bonchev–Trinajstić information content (AvgIpc) is 2.63. The third-order valence-electron chi connectivity index (χ3n) is 3.22. The first-order chi connectivity index (χ1) is 8.86. The lowest BCUT2D eigenvalue weighted by Gasteiger charge is -2.22. The Morgan fingerprint density at radius 1 is 1.50 bits per heavy atom. The number of hydrogen-bond donors (Lipinski definition) is 2. The van der Waals surface area contributed by atoms with Crippen molar-refractivity contribution in [1.29, 1.82) is 0 Å². The summed E-state index contributed by atoms with van der Waals surface area (Å²) >= 11 is 0. The van der Waals surface area contributed by atoms with Gasteiger partial charge in [0.05, 0.1) is 11.2 Å². The highest BCUT2D eigenvalue weighted by Crippen LogP contribution is 2.08. The fourth-order valence-electron chi connectivity index (χ4n) is 2.17. The molecule has 0 aromatic carbocycles. The number of carbonyl (C=O) groups is 1. The van der Waals surface area contributed by atoms with Crippen LogP contribution in [0.2, 0.25) is 0 Å². The van der Waals surface area contributed by atoms with Crippen molar-refractivity contribution in [1.82, 2.24) is 15.1 Å². The molecule has 1 aromatic rings. The van der Waals surface area contributed by atoms with Crippen LogP contribution in [0, 0.1) is 13.8 Å². The first-order valence-corrected chi connectivity index (χ1v) is 6.95. The quantitative estimate of drug-likeness (QED) is 0.756. The minimum absolute atomic E-state index is 0. The molecule has 6 heteroatoms. The summed E-state index contributed by atoms with van der Waals surface area (Å²) in [6, 6.07) is 2.05. The van der Waals surface area contributed by atoms with Crippen LogP contribution < -0.4 is 11.1 Å². The summed E-state index contributed by atoms with van der Waals surface area (Å²) < 4.78 is 1.97. The molecule has 0 aliphatic carbocycles. The van der Waals surface area contributed by atoms with E-state index in [4.69, 9.17) is 5.73 Å². The molecule has 1 unspecified atom stereocenters. The van der Waals surface area contributed by atoms with Crippen LogP contribution >= 0.6 is 12.4 Å². The van der Waals surface area contributed by atoms with Crippen LogP contribution in [-0.4, -0.2) is 27.8 Å². The molecule has 1 atom stereocenters. The van der Waals surface area contributed by atoms with Crippen LogP contribution in [0.5, 0.6) is 0 Å². The van der Waals surface area contributed by atoms with Gasteiger partial charge in [-0.15, -0.1) is 12.4 Å². The van der Waals surface area contributed by atoms with Crippen molar-refractivity contribution in [3.63, 3.8) is 0 Å². The summed E-state index contributed by atoms with van der Waals surface area (Å²) in [5, 5.41) is 7.28. The topological polar surface area (TPSA) is 72.9 Å². The number of nitrogens with zero attached hydrogens (tertiary/aromatic N) is 2. The van der Waals surface area contributed by atoms with E-state index in [0.717, 1.165) is 30.8 Å². The maximum atomic E-state index is 11.9. The van der Waals surface area contributed by atoms with E-state index in [1.807, 2.05) is 25.5 Å². The van der Waals surface area contributed by atoms with E-state index in [0.29, 0.717) is 13.0 Å². The first-order valence-electron chi connectivity index (χ1n) is 6.95. The molecule has 1 rings (SSSR count). The Kier molecular flexibility index (Phi) is 7.83. The van der Waals surface area contributed by atoms with Crippen molar-refractivity contribution in [3.05, 3.63) is 17.5 Å². The maximum Gasteiger partial charge on any atom is 0.239 e. The fourth-order valence-corrected chi connectivity index (χ4v) is 2.17. The highest BCUT2D eigenvalue weighted by atomic mass is 35.5. The van der Waals surface area contributed by atoms with Crippen LogP contribution in [0.3, 0.4) is 0 Å². The summed E-state index contributed by atoms with van der Waals surface area (Å²) in [4.78, 5) is 11.9. The minimum Gasteiger partial charge on any atom is -0.354 e. The van der Waals surface area contributed by atoms with Crippen molar-refractivity contribution in [2.45, 2.75) is 59.0 Å². The molecule has 0 spiro atoms. The number of amides is 1. The second-order valence-electron chi connectivity index (χ2n) is 5.43. The number of aryl methyl sites for hydroxylation is 3. The van der Waals surface area contributed by atoms with Crippen LogP contribution in [-0.2, 0) is 11.3 Å². The van der Waals surface area contributed by atoms with Crippen molar-refractivity contribution in [3.8, 4) is 0 Å². The standard InChI is InChI=1S/C14H26N4O.ClH/c1-5-7-14(4,15)13(19)16-8-6-9-18-12(3)10-11(2)17-18;/h10H,5-9,15H2,1-4H3,(H,16,19);1H. The average molecular weight is 303 g/mol. The SMILES string of the molecule is CCCC(C)(N)C(=O)NCCCn1nc(C)cc1C.Cl. The second kappa shape index (κ2) is 8.27. The lowest BCUT2D eigenvalue weighted by atomic mass is 9.96. The normalized spacial score (nSPS) is 13.4. The summed E-state index contributed by atoms with van der Waals surface area (Å²) in [7, 11) is 0. The van der Waals surface area contributed by atoms with Gasteiger partial charge in [0.1, 0.15) is 0 Å². The number of halogens is 1. The first kappa shape index (κ1) is 18.9. The molecule has 1 heterocycles. The third kappa shape index (κ3) is 5.51. The van der Waals surface area contributed by atoms with Crippen molar-refractivity contribution >= 4 is 18.3 Å². The fraction of sp³-hybridized carbons (Fsp3) is 0.714. The van der Waals surface area contributed by atoms with E-state index in [1.54, 1.807) is 6.92 Å². The van der Waals surface area contributed by atoms with Crippen LogP contribution in [0.4, 0.5) is 0 Å². The van der Waals surface area contributed by atoms with E-state index in [2.05, 4.69) is 16.5 Å². The van der Waals surface area contributed by atoms with Crippen LogP contribution in [0.1, 0.15) is 44.5 Å². The molecule has 0 aliphatic heterocycles. The Morgan fingerprint density at radius 3 is 2.65 bits per heavy atom. The third-order valence-corrected chi connectivity index (χ3v) is 3.22. The molecule has 0 saturated carbocycles. The van der Waals surface area contributed by atoms with Gasteiger partial charge in [0.2, 0.25) is 5.91 Å². The maximum absolute atomic E-state index is 11.9. The number of aromatic nitrogens is 2. The molecule has 3 N–H and O–H groups in total. The Labute approximate surface area is 127 Å². The Balaban J connectivity index is 0.00000361. The van der Waals surface area contributed by atoms with E-state index < -0.39 is 5.54 Å². The van der Waals surface area contributed by atoms with Gasteiger partial charge < -0.3 is 11.1 Å². The van der Waals surface area contributed by atoms with Crippen LogP contribution in [0.15, 0.2) is 6.07 Å². The predicted molar refractivity (Wildman–Crippen MR) is 84.1 cm³/mol. The number of rotatable bonds is 7. The van der Waals surface area contributed by atoms with E-state index in [9.17, 15) is 4.79 Å². The highest BCUT2D eigenvalue weighted by molar-refractivity contribution is 5.85. The summed E-state index contributed by atoms with van der Waals surface area (Å²) in [6.07, 6.45) is 2.47. The Morgan fingerprint density at radius 2 is 2.15 bits per heavy atom. The number of nitrogens with one attached hydrogen (secondary N) is 1. The van der Waals surface area contributed by atoms with E-state index >= 15 is 0 Å². The Bertz CT molecular complexity index is 429. The van der Waals surface area contributed by atoms with Gasteiger partial charge in [0, 0.05) is 18.8 Å². The number of hydrogen-bond acceptors (Lipinski definition) is 3. The monoisotopic (exact) mass is 302 g/mol. The highest BCUT2D eigenvalue weighted by Gasteiger charge is 2.26. The zero-order valence-electron chi connectivity index (χ0n) is 12.9. The molecule has 1 amide bonds. The summed E-state index contributed by atoms with van der Waals surface area (Å²) in [5.41, 5.74) is 7.38. The Hall–Kier alpha value is -1.07. The molecule has 0 saturated heterocycles. The van der Waals surface area contributed by atoms with Gasteiger partial charge in [-0.25, -0.2) is 0 Å². The number of carbonyl (C=O) groups excluding carboxylic acids is 1. The largest absolute Gasteiger partial charge is 0.354 e. The molecule has 0 bridgehead atoms. The lowest BCUT2D eigenvalue weighted by molar-refractivity contribution is -0.126. The van der Waals surface area contributed by atoms with E-state index in [1.165, 1.54) is 0 Å². The van der Waals surface area contributed by atoms with Gasteiger partial charge in [0.15, 0.2) is 0 Å². The van der Waals surface area contributed by atoms with Gasteiger partial charge in [-0.1, -0.05) is 13.3 Å². The van der Waals surface area contributed by atoms with Gasteiger partial charge >= 0.3 is 0 Å². The van der Waals surface area contributed by atoms with Gasteiger partial charge in [-0.2, -0.15) is 5.10 Å². The molecular weight excluding hydrogens is 276 g/mol. The van der Waals surface area contributed by atoms with Gasteiger partial charge in [-0.05, 0) is 39.7 Å². The molecular formula is C14H27ClN4O. The molecule has 5 nitrogen and oxygen atoms in total. The molecule has 0 fully saturated rings. The lowest BCUT2D eigenvalue weighted by Crippen LogP contribution is -2.51. The smallest absolute Gasteiger partial charge is 0.239 e. The molecule has 0 radical (unpaired) electrons. The van der Waals surface area contributed by atoms with Crippen molar-refractivity contribution in [2.24, 2.45) is 5.73 Å². The van der Waals surface area contributed by atoms with Crippen molar-refractivity contribution in [2.75, 3.05) is 6.54 Å². The zero-order valence-corrected chi connectivity index (χ0v) is 13.7. The van der Waals surface area contributed by atoms with Crippen molar-refractivity contribution < 1.29 is 4.79 Å².